The smallest absolute Gasteiger partial charge is 0.261 e. The maximum atomic E-state index is 14.2. The minimum Gasteiger partial charge on any atom is -0.493 e. The van der Waals surface area contributed by atoms with E-state index < -0.39 is 15.8 Å². The van der Waals surface area contributed by atoms with Gasteiger partial charge < -0.3 is 9.47 Å². The first-order chi connectivity index (χ1) is 12.3. The standard InChI is InChI=1S/C19H24FNO4S/c1-13(2)5-6-14-7-9-15(10-8-14)26(22,23)21-17-12-19(25-4)18(24-3)11-16(17)20/h7-13,21H,5-6H2,1-4H3. The van der Waals surface area contributed by atoms with Gasteiger partial charge in [0.1, 0.15) is 0 Å². The fourth-order valence-electron chi connectivity index (χ4n) is 2.43. The molecule has 0 aliphatic heterocycles. The molecule has 0 bridgehead atoms. The van der Waals surface area contributed by atoms with E-state index in [2.05, 4.69) is 18.6 Å². The highest BCUT2D eigenvalue weighted by molar-refractivity contribution is 7.92. The van der Waals surface area contributed by atoms with Crippen LogP contribution in [0.1, 0.15) is 25.8 Å². The van der Waals surface area contributed by atoms with Crippen LogP contribution in [0.3, 0.4) is 0 Å². The summed E-state index contributed by atoms with van der Waals surface area (Å²) in [6.45, 7) is 4.28. The van der Waals surface area contributed by atoms with Crippen molar-refractivity contribution in [1.29, 1.82) is 0 Å². The molecule has 7 heteroatoms. The molecular weight excluding hydrogens is 357 g/mol. The van der Waals surface area contributed by atoms with E-state index in [0.717, 1.165) is 24.5 Å². The van der Waals surface area contributed by atoms with Crippen molar-refractivity contribution in [2.24, 2.45) is 5.92 Å². The molecule has 0 aromatic heterocycles. The van der Waals surface area contributed by atoms with Crippen LogP contribution in [0, 0.1) is 11.7 Å². The number of sulfonamides is 1. The Kier molecular flexibility index (Phi) is 6.47. The average molecular weight is 381 g/mol. The van der Waals surface area contributed by atoms with Crippen molar-refractivity contribution in [3.8, 4) is 11.5 Å². The van der Waals surface area contributed by atoms with Gasteiger partial charge in [-0.1, -0.05) is 26.0 Å². The summed E-state index contributed by atoms with van der Waals surface area (Å²) in [5.74, 6) is 0.242. The summed E-state index contributed by atoms with van der Waals surface area (Å²) in [6.07, 6.45) is 1.91. The zero-order valence-electron chi connectivity index (χ0n) is 15.4. The van der Waals surface area contributed by atoms with Crippen LogP contribution in [0.15, 0.2) is 41.3 Å². The summed E-state index contributed by atoms with van der Waals surface area (Å²) < 4.78 is 51.6. The summed E-state index contributed by atoms with van der Waals surface area (Å²) in [7, 11) is -1.15. The molecule has 0 heterocycles. The number of hydrogen-bond acceptors (Lipinski definition) is 4. The van der Waals surface area contributed by atoms with Gasteiger partial charge in [-0.25, -0.2) is 12.8 Å². The Hall–Kier alpha value is -2.28. The Balaban J connectivity index is 2.23. The summed E-state index contributed by atoms with van der Waals surface area (Å²) in [6, 6.07) is 8.94. The molecule has 142 valence electrons. The second kappa shape index (κ2) is 8.40. The fourth-order valence-corrected chi connectivity index (χ4v) is 3.48. The molecule has 0 fully saturated rings. The summed E-state index contributed by atoms with van der Waals surface area (Å²) >= 11 is 0. The largest absolute Gasteiger partial charge is 0.493 e. The lowest BCUT2D eigenvalue weighted by Crippen LogP contribution is -2.14. The highest BCUT2D eigenvalue weighted by atomic mass is 32.2. The monoisotopic (exact) mass is 381 g/mol. The van der Waals surface area contributed by atoms with Crippen LogP contribution in [-0.4, -0.2) is 22.6 Å². The minimum absolute atomic E-state index is 0.0694. The number of benzene rings is 2. The molecule has 0 spiro atoms. The first-order valence-corrected chi connectivity index (χ1v) is 9.78. The maximum Gasteiger partial charge on any atom is 0.261 e. The Morgan fingerprint density at radius 3 is 2.15 bits per heavy atom. The first-order valence-electron chi connectivity index (χ1n) is 8.30. The predicted octanol–water partition coefficient (Wildman–Crippen LogP) is 4.23. The van der Waals surface area contributed by atoms with E-state index in [1.165, 1.54) is 32.4 Å². The van der Waals surface area contributed by atoms with Crippen molar-refractivity contribution in [2.45, 2.75) is 31.6 Å². The molecule has 2 aromatic carbocycles. The van der Waals surface area contributed by atoms with E-state index in [1.54, 1.807) is 12.1 Å². The van der Waals surface area contributed by atoms with Crippen LogP contribution >= 0.6 is 0 Å². The molecule has 0 atom stereocenters. The lowest BCUT2D eigenvalue weighted by Gasteiger charge is -2.13. The molecule has 26 heavy (non-hydrogen) atoms. The molecule has 5 nitrogen and oxygen atoms in total. The van der Waals surface area contributed by atoms with Gasteiger partial charge in [0.25, 0.3) is 10.0 Å². The van der Waals surface area contributed by atoms with Crippen molar-refractivity contribution in [1.82, 2.24) is 0 Å². The molecule has 2 rings (SSSR count). The van der Waals surface area contributed by atoms with Crippen LogP contribution in [-0.2, 0) is 16.4 Å². The number of halogens is 1. The molecule has 0 aliphatic carbocycles. The topological polar surface area (TPSA) is 64.6 Å². The molecule has 0 amide bonds. The van der Waals surface area contributed by atoms with Crippen molar-refractivity contribution in [2.75, 3.05) is 18.9 Å². The molecular formula is C19H24FNO4S. The van der Waals surface area contributed by atoms with E-state index in [1.807, 2.05) is 0 Å². The van der Waals surface area contributed by atoms with Gasteiger partial charge in [-0.3, -0.25) is 4.72 Å². The zero-order chi connectivity index (χ0) is 19.3. The number of ether oxygens (including phenoxy) is 2. The normalized spacial score (nSPS) is 11.5. The lowest BCUT2D eigenvalue weighted by molar-refractivity contribution is 0.353. The quantitative estimate of drug-likeness (QED) is 0.743. The van der Waals surface area contributed by atoms with Crippen LogP contribution in [0.5, 0.6) is 11.5 Å². The summed E-state index contributed by atoms with van der Waals surface area (Å²) in [4.78, 5) is 0.0694. The van der Waals surface area contributed by atoms with Gasteiger partial charge in [-0.15, -0.1) is 0 Å². The summed E-state index contributed by atoms with van der Waals surface area (Å²) in [5, 5.41) is 0. The number of hydrogen-bond donors (Lipinski definition) is 1. The fraction of sp³-hybridized carbons (Fsp3) is 0.368. The number of rotatable bonds is 8. The van der Waals surface area contributed by atoms with Crippen LogP contribution in [0.4, 0.5) is 10.1 Å². The Labute approximate surface area is 154 Å². The average Bonchev–Trinajstić information content (AvgIpc) is 2.61. The third-order valence-corrected chi connectivity index (χ3v) is 5.34. The Bertz CT molecular complexity index is 849. The van der Waals surface area contributed by atoms with Gasteiger partial charge >= 0.3 is 0 Å². The zero-order valence-corrected chi connectivity index (χ0v) is 16.2. The molecule has 0 saturated carbocycles. The number of methoxy groups -OCH3 is 2. The van der Waals surface area contributed by atoms with E-state index in [9.17, 15) is 12.8 Å². The number of anilines is 1. The van der Waals surface area contributed by atoms with Gasteiger partial charge in [-0.05, 0) is 36.5 Å². The SMILES string of the molecule is COc1cc(F)c(NS(=O)(=O)c2ccc(CCC(C)C)cc2)cc1OC. The Morgan fingerprint density at radius 1 is 1.04 bits per heavy atom. The molecule has 0 saturated heterocycles. The van der Waals surface area contributed by atoms with Gasteiger partial charge in [0.2, 0.25) is 0 Å². The second-order valence-corrected chi connectivity index (χ2v) is 8.05. The third-order valence-electron chi connectivity index (χ3n) is 3.96. The van der Waals surface area contributed by atoms with Crippen molar-refractivity contribution < 1.29 is 22.3 Å². The third kappa shape index (κ3) is 4.88. The molecule has 1 N–H and O–H groups in total. The number of nitrogens with one attached hydrogen (secondary N) is 1. The van der Waals surface area contributed by atoms with E-state index in [-0.39, 0.29) is 22.1 Å². The number of aryl methyl sites for hydroxylation is 1. The minimum atomic E-state index is -3.91. The van der Waals surface area contributed by atoms with Crippen molar-refractivity contribution in [3.63, 3.8) is 0 Å². The molecule has 0 radical (unpaired) electrons. The molecule has 2 aromatic rings. The predicted molar refractivity (Wildman–Crippen MR) is 99.9 cm³/mol. The van der Waals surface area contributed by atoms with E-state index >= 15 is 0 Å². The van der Waals surface area contributed by atoms with Crippen LogP contribution in [0.2, 0.25) is 0 Å². The van der Waals surface area contributed by atoms with Gasteiger partial charge in [0.05, 0.1) is 24.8 Å². The highest BCUT2D eigenvalue weighted by Crippen LogP contribution is 2.33. The lowest BCUT2D eigenvalue weighted by atomic mass is 10.0. The van der Waals surface area contributed by atoms with Gasteiger partial charge in [0.15, 0.2) is 17.3 Å². The highest BCUT2D eigenvalue weighted by Gasteiger charge is 2.19. The second-order valence-electron chi connectivity index (χ2n) is 6.37. The molecule has 0 aliphatic rings. The van der Waals surface area contributed by atoms with Gasteiger partial charge in [0, 0.05) is 12.1 Å². The summed E-state index contributed by atoms with van der Waals surface area (Å²) in [5.41, 5.74) is 0.862. The van der Waals surface area contributed by atoms with Gasteiger partial charge in [-0.2, -0.15) is 0 Å². The maximum absolute atomic E-state index is 14.2. The van der Waals surface area contributed by atoms with Crippen molar-refractivity contribution >= 4 is 15.7 Å². The van der Waals surface area contributed by atoms with Crippen LogP contribution < -0.4 is 14.2 Å². The van der Waals surface area contributed by atoms with Crippen molar-refractivity contribution in [3.05, 3.63) is 47.8 Å². The van der Waals surface area contributed by atoms with E-state index in [4.69, 9.17) is 9.47 Å². The first kappa shape index (κ1) is 20.0. The van der Waals surface area contributed by atoms with E-state index in [0.29, 0.717) is 5.92 Å². The molecule has 0 unspecified atom stereocenters. The Morgan fingerprint density at radius 2 is 1.62 bits per heavy atom. The van der Waals surface area contributed by atoms with Crippen LogP contribution in [0.25, 0.3) is 0 Å².